The van der Waals surface area contributed by atoms with E-state index in [0.717, 1.165) is 6.07 Å². The van der Waals surface area contributed by atoms with E-state index in [1.807, 2.05) is 6.92 Å². The summed E-state index contributed by atoms with van der Waals surface area (Å²) in [4.78, 5) is 25.4. The predicted molar refractivity (Wildman–Crippen MR) is 110 cm³/mol. The fraction of sp³-hybridized carbons (Fsp3) is 0.136. The van der Waals surface area contributed by atoms with Crippen molar-refractivity contribution >= 4 is 23.0 Å². The van der Waals surface area contributed by atoms with Gasteiger partial charge < -0.3 is 15.2 Å². The number of nitro benzene ring substituents is 1. The minimum absolute atomic E-state index is 0.257. The van der Waals surface area contributed by atoms with Gasteiger partial charge in [-0.05, 0) is 49.1 Å². The van der Waals surface area contributed by atoms with Crippen LogP contribution in [-0.2, 0) is 0 Å². The molecule has 0 spiro atoms. The van der Waals surface area contributed by atoms with Crippen LogP contribution in [0.15, 0.2) is 66.7 Å². The second-order valence-electron chi connectivity index (χ2n) is 6.68. The number of hydrogen-bond acceptors (Lipinski definition) is 6. The molecule has 1 aliphatic rings. The van der Waals surface area contributed by atoms with E-state index in [0.29, 0.717) is 34.9 Å². The van der Waals surface area contributed by atoms with Gasteiger partial charge in [0.05, 0.1) is 17.1 Å². The maximum atomic E-state index is 13.4. The summed E-state index contributed by atoms with van der Waals surface area (Å²) in [5.74, 6) is -0.270. The minimum atomic E-state index is -0.732. The van der Waals surface area contributed by atoms with Crippen LogP contribution in [0.5, 0.6) is 11.5 Å². The highest BCUT2D eigenvalue weighted by atomic mass is 16.6. The number of carbonyl (C=O) groups is 1. The van der Waals surface area contributed by atoms with E-state index >= 15 is 0 Å². The van der Waals surface area contributed by atoms with E-state index in [1.165, 1.54) is 17.0 Å². The Labute approximate surface area is 172 Å². The van der Waals surface area contributed by atoms with E-state index in [1.54, 1.807) is 48.5 Å². The number of nitrogens with zero attached hydrogens (tertiary/aromatic N) is 2. The number of para-hydroxylation sites is 1. The van der Waals surface area contributed by atoms with Crippen molar-refractivity contribution in [3.05, 3.63) is 88.0 Å². The second kappa shape index (κ2) is 7.75. The Morgan fingerprint density at radius 2 is 1.83 bits per heavy atom. The number of nitro groups is 1. The van der Waals surface area contributed by atoms with Crippen molar-refractivity contribution in [3.8, 4) is 11.5 Å². The molecule has 1 amide bonds. The molecule has 30 heavy (non-hydrogen) atoms. The number of ether oxygens (including phenoxy) is 1. The maximum Gasteiger partial charge on any atom is 0.262 e. The zero-order valence-electron chi connectivity index (χ0n) is 16.1. The van der Waals surface area contributed by atoms with Gasteiger partial charge in [-0.3, -0.25) is 19.8 Å². The highest BCUT2D eigenvalue weighted by molar-refractivity contribution is 6.12. The smallest absolute Gasteiger partial charge is 0.262 e. The summed E-state index contributed by atoms with van der Waals surface area (Å²) in [5.41, 5.74) is 1.58. The van der Waals surface area contributed by atoms with Gasteiger partial charge in [-0.15, -0.1) is 0 Å². The lowest BCUT2D eigenvalue weighted by Gasteiger charge is -2.38. The Morgan fingerprint density at radius 1 is 1.10 bits per heavy atom. The average molecular weight is 404 g/mol. The number of rotatable bonds is 5. The van der Waals surface area contributed by atoms with E-state index in [2.05, 4.69) is 5.32 Å². The molecule has 1 atom stereocenters. The summed E-state index contributed by atoms with van der Waals surface area (Å²) in [6.45, 7) is 2.40. The Bertz CT molecular complexity index is 1110. The van der Waals surface area contributed by atoms with Crippen molar-refractivity contribution in [2.24, 2.45) is 0 Å². The van der Waals surface area contributed by atoms with Gasteiger partial charge in [0.25, 0.3) is 11.6 Å². The molecule has 0 saturated heterocycles. The van der Waals surface area contributed by atoms with Crippen molar-refractivity contribution in [1.29, 1.82) is 0 Å². The first-order chi connectivity index (χ1) is 14.5. The van der Waals surface area contributed by atoms with Gasteiger partial charge >= 0.3 is 0 Å². The van der Waals surface area contributed by atoms with Gasteiger partial charge in [-0.1, -0.05) is 24.3 Å². The minimum Gasteiger partial charge on any atom is -0.868 e. The molecule has 3 aromatic carbocycles. The Morgan fingerprint density at radius 3 is 2.53 bits per heavy atom. The highest BCUT2D eigenvalue weighted by Crippen LogP contribution is 2.38. The number of carbonyl (C=O) groups excluding carboxylic acids is 1. The number of hydrogen-bond donors (Lipinski definition) is 1. The molecule has 0 saturated carbocycles. The molecule has 0 aromatic heterocycles. The summed E-state index contributed by atoms with van der Waals surface area (Å²) >= 11 is 0. The fourth-order valence-corrected chi connectivity index (χ4v) is 3.47. The quantitative estimate of drug-likeness (QED) is 0.511. The lowest BCUT2D eigenvalue weighted by Crippen LogP contribution is -2.43. The second-order valence-corrected chi connectivity index (χ2v) is 6.68. The van der Waals surface area contributed by atoms with Crippen LogP contribution in [0.4, 0.5) is 17.1 Å². The highest BCUT2D eigenvalue weighted by Gasteiger charge is 2.34. The predicted octanol–water partition coefficient (Wildman–Crippen LogP) is 3.84. The fourth-order valence-electron chi connectivity index (χ4n) is 3.47. The topological polar surface area (TPSA) is 108 Å². The monoisotopic (exact) mass is 404 g/mol. The SMILES string of the molecule is CCOc1ccc(N2C(=O)c3ccccc3N[C@@H]2c2ccc([O-])c([N+](=O)[O-])c2)cc1. The zero-order valence-corrected chi connectivity index (χ0v) is 16.1. The molecule has 8 heteroatoms. The van der Waals surface area contributed by atoms with Crippen LogP contribution in [0.25, 0.3) is 0 Å². The molecule has 0 unspecified atom stereocenters. The molecular formula is C22H18N3O5-. The molecule has 152 valence electrons. The zero-order chi connectivity index (χ0) is 21.3. The van der Waals surface area contributed by atoms with E-state index in [9.17, 15) is 20.0 Å². The van der Waals surface area contributed by atoms with E-state index < -0.39 is 22.5 Å². The molecule has 3 aromatic rings. The number of nitrogens with one attached hydrogen (secondary N) is 1. The standard InChI is InChI=1S/C22H19N3O5/c1-2-30-16-10-8-15(9-11-16)24-21(14-7-12-20(26)19(13-14)25(28)29)23-18-6-4-3-5-17(18)22(24)27/h3-13,21,23,26H,2H2,1H3/p-1/t21-/m0/s1. The Kier molecular flexibility index (Phi) is 4.97. The summed E-state index contributed by atoms with van der Waals surface area (Å²) < 4.78 is 5.47. The van der Waals surface area contributed by atoms with Crippen molar-refractivity contribution in [1.82, 2.24) is 0 Å². The van der Waals surface area contributed by atoms with Crippen molar-refractivity contribution in [2.75, 3.05) is 16.8 Å². The first-order valence-corrected chi connectivity index (χ1v) is 9.37. The molecule has 1 N–H and O–H groups in total. The van der Waals surface area contributed by atoms with E-state index in [4.69, 9.17) is 4.74 Å². The molecule has 0 fully saturated rings. The molecule has 0 radical (unpaired) electrons. The van der Waals surface area contributed by atoms with Crippen LogP contribution in [0.1, 0.15) is 29.0 Å². The first kappa shape index (κ1) is 19.3. The van der Waals surface area contributed by atoms with E-state index in [-0.39, 0.29) is 5.91 Å². The van der Waals surface area contributed by atoms with Crippen LogP contribution in [0.2, 0.25) is 0 Å². The number of anilines is 2. The molecule has 1 aliphatic heterocycles. The normalized spacial score (nSPS) is 15.3. The molecule has 1 heterocycles. The van der Waals surface area contributed by atoms with Crippen LogP contribution in [0.3, 0.4) is 0 Å². The summed E-state index contributed by atoms with van der Waals surface area (Å²) in [6.07, 6.45) is -0.732. The molecule has 0 bridgehead atoms. The van der Waals surface area contributed by atoms with Crippen molar-refractivity contribution in [3.63, 3.8) is 0 Å². The third-order valence-corrected chi connectivity index (χ3v) is 4.85. The molecule has 0 aliphatic carbocycles. The Balaban J connectivity index is 1.83. The first-order valence-electron chi connectivity index (χ1n) is 9.37. The lowest BCUT2D eigenvalue weighted by atomic mass is 10.0. The average Bonchev–Trinajstić information content (AvgIpc) is 2.75. The lowest BCUT2D eigenvalue weighted by molar-refractivity contribution is -0.398. The third-order valence-electron chi connectivity index (χ3n) is 4.85. The van der Waals surface area contributed by atoms with Gasteiger partial charge in [0.15, 0.2) is 0 Å². The summed E-state index contributed by atoms with van der Waals surface area (Å²) in [6, 6.07) is 17.9. The third kappa shape index (κ3) is 3.39. The largest absolute Gasteiger partial charge is 0.868 e. The van der Waals surface area contributed by atoms with Gasteiger partial charge in [0.1, 0.15) is 11.9 Å². The summed E-state index contributed by atoms with van der Waals surface area (Å²) in [5, 5.41) is 26.4. The summed E-state index contributed by atoms with van der Waals surface area (Å²) in [7, 11) is 0. The van der Waals surface area contributed by atoms with Crippen LogP contribution in [-0.4, -0.2) is 17.4 Å². The van der Waals surface area contributed by atoms with Gasteiger partial charge in [0, 0.05) is 23.0 Å². The number of benzene rings is 3. The van der Waals surface area contributed by atoms with Gasteiger partial charge in [0.2, 0.25) is 0 Å². The number of fused-ring (bicyclic) bond motifs is 1. The molecular weight excluding hydrogens is 386 g/mol. The van der Waals surface area contributed by atoms with Gasteiger partial charge in [-0.25, -0.2) is 0 Å². The maximum absolute atomic E-state index is 13.4. The molecule has 4 rings (SSSR count). The number of amides is 1. The van der Waals surface area contributed by atoms with Crippen LogP contribution < -0.4 is 20.1 Å². The van der Waals surface area contributed by atoms with Crippen LogP contribution in [0, 0.1) is 10.1 Å². The van der Waals surface area contributed by atoms with Crippen molar-refractivity contribution < 1.29 is 19.6 Å². The van der Waals surface area contributed by atoms with Crippen molar-refractivity contribution in [2.45, 2.75) is 13.1 Å². The molecule has 8 nitrogen and oxygen atoms in total. The Hall–Kier alpha value is -4.07. The van der Waals surface area contributed by atoms with Gasteiger partial charge in [-0.2, -0.15) is 0 Å². The van der Waals surface area contributed by atoms with Crippen LogP contribution >= 0.6 is 0 Å².